The highest BCUT2D eigenvalue weighted by molar-refractivity contribution is 5.92. The first-order chi connectivity index (χ1) is 14.0. The van der Waals surface area contributed by atoms with Crippen molar-refractivity contribution in [3.8, 4) is 5.75 Å². The molecule has 0 bridgehead atoms. The minimum Gasteiger partial charge on any atom is -0.490 e. The van der Waals surface area contributed by atoms with E-state index in [-0.39, 0.29) is 37.1 Å². The van der Waals surface area contributed by atoms with E-state index in [0.717, 1.165) is 0 Å². The van der Waals surface area contributed by atoms with Gasteiger partial charge in [-0.25, -0.2) is 8.78 Å². The quantitative estimate of drug-likeness (QED) is 0.772. The molecule has 2 amide bonds. The molecular formula is C21H23F2N3O3. The van der Waals surface area contributed by atoms with Crippen molar-refractivity contribution in [2.24, 2.45) is 0 Å². The Hall–Kier alpha value is -3.00. The number of amides is 2. The molecule has 0 aromatic heterocycles. The topological polar surface area (TPSA) is 61.9 Å². The molecule has 1 fully saturated rings. The number of ether oxygens (including phenoxy) is 1. The van der Waals surface area contributed by atoms with Crippen LogP contribution in [0.25, 0.3) is 0 Å². The lowest BCUT2D eigenvalue weighted by molar-refractivity contribution is -0.133. The molecule has 154 valence electrons. The number of piperazine rings is 1. The Morgan fingerprint density at radius 2 is 1.76 bits per heavy atom. The van der Waals surface area contributed by atoms with E-state index in [0.29, 0.717) is 31.9 Å². The van der Waals surface area contributed by atoms with E-state index < -0.39 is 11.6 Å². The van der Waals surface area contributed by atoms with Crippen LogP contribution >= 0.6 is 0 Å². The molecule has 1 saturated heterocycles. The summed E-state index contributed by atoms with van der Waals surface area (Å²) >= 11 is 0. The largest absolute Gasteiger partial charge is 0.490 e. The molecule has 6 nitrogen and oxygen atoms in total. The van der Waals surface area contributed by atoms with Gasteiger partial charge in [-0.2, -0.15) is 0 Å². The summed E-state index contributed by atoms with van der Waals surface area (Å²) in [6.45, 7) is 2.43. The monoisotopic (exact) mass is 403 g/mol. The summed E-state index contributed by atoms with van der Waals surface area (Å²) in [7, 11) is 0. The fraction of sp³-hybridized carbons (Fsp3) is 0.333. The highest BCUT2D eigenvalue weighted by Gasteiger charge is 2.22. The highest BCUT2D eigenvalue weighted by Crippen LogP contribution is 2.16. The van der Waals surface area contributed by atoms with Crippen LogP contribution in [0.15, 0.2) is 48.5 Å². The molecule has 29 heavy (non-hydrogen) atoms. The van der Waals surface area contributed by atoms with E-state index in [9.17, 15) is 18.4 Å². The maximum atomic E-state index is 13.5. The maximum Gasteiger partial charge on any atom is 0.238 e. The van der Waals surface area contributed by atoms with E-state index in [2.05, 4.69) is 5.32 Å². The summed E-state index contributed by atoms with van der Waals surface area (Å²) in [6.07, 6.45) is 0.161. The number of nitrogens with zero attached hydrogens (tertiary/aromatic N) is 2. The van der Waals surface area contributed by atoms with Gasteiger partial charge < -0.3 is 15.0 Å². The minimum atomic E-state index is -0.454. The molecule has 8 heteroatoms. The Kier molecular flexibility index (Phi) is 7.13. The number of hydrogen-bond acceptors (Lipinski definition) is 4. The Bertz CT molecular complexity index is 855. The number of carbonyl (C=O) groups excluding carboxylic acids is 2. The van der Waals surface area contributed by atoms with Crippen LogP contribution in [0.1, 0.15) is 6.42 Å². The zero-order chi connectivity index (χ0) is 20.6. The van der Waals surface area contributed by atoms with Crippen LogP contribution in [0, 0.1) is 11.6 Å². The van der Waals surface area contributed by atoms with Crippen molar-refractivity contribution < 1.29 is 23.1 Å². The fourth-order valence-electron chi connectivity index (χ4n) is 3.09. The van der Waals surface area contributed by atoms with E-state index in [1.165, 1.54) is 30.3 Å². The molecule has 1 aliphatic rings. The molecule has 1 heterocycles. The van der Waals surface area contributed by atoms with Gasteiger partial charge in [-0.15, -0.1) is 0 Å². The second-order valence-corrected chi connectivity index (χ2v) is 6.74. The Morgan fingerprint density at radius 1 is 1.00 bits per heavy atom. The van der Waals surface area contributed by atoms with Gasteiger partial charge >= 0.3 is 0 Å². The van der Waals surface area contributed by atoms with E-state index in [1.54, 1.807) is 23.1 Å². The summed E-state index contributed by atoms with van der Waals surface area (Å²) in [4.78, 5) is 28.1. The summed E-state index contributed by atoms with van der Waals surface area (Å²) in [5, 5.41) is 2.66. The van der Waals surface area contributed by atoms with E-state index in [1.807, 2.05) is 4.90 Å². The van der Waals surface area contributed by atoms with E-state index in [4.69, 9.17) is 4.74 Å². The number of halogens is 2. The number of rotatable bonds is 7. The fourth-order valence-corrected chi connectivity index (χ4v) is 3.09. The van der Waals surface area contributed by atoms with Crippen molar-refractivity contribution in [3.63, 3.8) is 0 Å². The normalized spacial score (nSPS) is 14.5. The third-order valence-electron chi connectivity index (χ3n) is 4.61. The second-order valence-electron chi connectivity index (χ2n) is 6.74. The van der Waals surface area contributed by atoms with Crippen molar-refractivity contribution in [2.75, 3.05) is 44.6 Å². The van der Waals surface area contributed by atoms with Crippen molar-refractivity contribution in [1.82, 2.24) is 9.80 Å². The van der Waals surface area contributed by atoms with Crippen LogP contribution in [-0.2, 0) is 9.59 Å². The molecule has 2 aromatic carbocycles. The smallest absolute Gasteiger partial charge is 0.238 e. The lowest BCUT2D eigenvalue weighted by atomic mass is 10.2. The van der Waals surface area contributed by atoms with Crippen LogP contribution in [0.4, 0.5) is 14.5 Å². The Balaban J connectivity index is 1.36. The lowest BCUT2D eigenvalue weighted by Crippen LogP contribution is -2.50. The van der Waals surface area contributed by atoms with Crippen molar-refractivity contribution >= 4 is 17.5 Å². The van der Waals surface area contributed by atoms with Gasteiger partial charge in [-0.05, 0) is 30.3 Å². The van der Waals surface area contributed by atoms with Gasteiger partial charge in [-0.1, -0.05) is 18.2 Å². The first-order valence-electron chi connectivity index (χ1n) is 9.44. The van der Waals surface area contributed by atoms with Crippen LogP contribution < -0.4 is 10.1 Å². The second kappa shape index (κ2) is 9.97. The average molecular weight is 403 g/mol. The van der Waals surface area contributed by atoms with Crippen molar-refractivity contribution in [3.05, 3.63) is 60.2 Å². The first kappa shape index (κ1) is 20.7. The van der Waals surface area contributed by atoms with Crippen LogP contribution in [0.3, 0.4) is 0 Å². The Morgan fingerprint density at radius 3 is 2.48 bits per heavy atom. The summed E-state index contributed by atoms with van der Waals surface area (Å²) in [5.74, 6) is -1.02. The maximum absolute atomic E-state index is 13.5. The summed E-state index contributed by atoms with van der Waals surface area (Å²) < 4.78 is 32.0. The molecular weight excluding hydrogens is 380 g/mol. The third-order valence-corrected chi connectivity index (χ3v) is 4.61. The SMILES string of the molecule is O=C(CN1CCN(C(=O)CCOc2ccccc2F)CC1)Nc1cccc(F)c1. The number of anilines is 1. The molecule has 0 atom stereocenters. The number of para-hydroxylation sites is 1. The molecule has 0 spiro atoms. The number of hydrogen-bond donors (Lipinski definition) is 1. The van der Waals surface area contributed by atoms with Gasteiger partial charge in [0, 0.05) is 31.9 Å². The standard InChI is InChI=1S/C21H23F2N3O3/c22-16-4-3-5-17(14-16)24-20(27)15-25-9-11-26(12-10-25)21(28)8-13-29-19-7-2-1-6-18(19)23/h1-7,14H,8-13,15H2,(H,24,27). The molecule has 1 N–H and O–H groups in total. The zero-order valence-corrected chi connectivity index (χ0v) is 15.9. The molecule has 2 aromatic rings. The van der Waals surface area contributed by atoms with Gasteiger partial charge in [0.15, 0.2) is 11.6 Å². The van der Waals surface area contributed by atoms with Gasteiger partial charge in [0.2, 0.25) is 11.8 Å². The minimum absolute atomic E-state index is 0.0646. The third kappa shape index (κ3) is 6.25. The van der Waals surface area contributed by atoms with Gasteiger partial charge in [0.05, 0.1) is 19.6 Å². The highest BCUT2D eigenvalue weighted by atomic mass is 19.1. The van der Waals surface area contributed by atoms with Crippen LogP contribution in [0.2, 0.25) is 0 Å². The van der Waals surface area contributed by atoms with Crippen molar-refractivity contribution in [2.45, 2.75) is 6.42 Å². The number of carbonyl (C=O) groups is 2. The predicted octanol–water partition coefficient (Wildman–Crippen LogP) is 2.52. The van der Waals surface area contributed by atoms with Gasteiger partial charge in [0.1, 0.15) is 5.82 Å². The Labute approximate surface area is 168 Å². The molecule has 0 radical (unpaired) electrons. The number of nitrogens with one attached hydrogen (secondary N) is 1. The molecule has 0 saturated carbocycles. The van der Waals surface area contributed by atoms with Crippen LogP contribution in [-0.4, -0.2) is 60.9 Å². The molecule has 0 unspecified atom stereocenters. The average Bonchev–Trinajstić information content (AvgIpc) is 2.70. The molecule has 1 aliphatic heterocycles. The summed E-state index contributed by atoms with van der Waals surface area (Å²) in [5.41, 5.74) is 0.415. The lowest BCUT2D eigenvalue weighted by Gasteiger charge is -2.34. The van der Waals surface area contributed by atoms with E-state index >= 15 is 0 Å². The number of benzene rings is 2. The predicted molar refractivity (Wildman–Crippen MR) is 105 cm³/mol. The van der Waals surface area contributed by atoms with Crippen LogP contribution in [0.5, 0.6) is 5.75 Å². The van der Waals surface area contributed by atoms with Crippen molar-refractivity contribution in [1.29, 1.82) is 0 Å². The zero-order valence-electron chi connectivity index (χ0n) is 15.9. The molecule has 3 rings (SSSR count). The summed E-state index contributed by atoms with van der Waals surface area (Å²) in [6, 6.07) is 11.8. The van der Waals surface area contributed by atoms with Gasteiger partial charge in [-0.3, -0.25) is 14.5 Å². The van der Waals surface area contributed by atoms with Gasteiger partial charge in [0.25, 0.3) is 0 Å². The molecule has 0 aliphatic carbocycles. The first-order valence-corrected chi connectivity index (χ1v) is 9.44.